The van der Waals surface area contributed by atoms with E-state index in [1.54, 1.807) is 23.7 Å². The third-order valence-corrected chi connectivity index (χ3v) is 5.85. The molecule has 0 radical (unpaired) electrons. The third-order valence-electron chi connectivity index (χ3n) is 5.85. The summed E-state index contributed by atoms with van der Waals surface area (Å²) in [6.07, 6.45) is 2.69. The van der Waals surface area contributed by atoms with E-state index < -0.39 is 6.04 Å². The van der Waals surface area contributed by atoms with Crippen molar-refractivity contribution in [2.45, 2.75) is 39.7 Å². The number of aromatic nitrogens is 3. The topological polar surface area (TPSA) is 99.3 Å². The van der Waals surface area contributed by atoms with Crippen molar-refractivity contribution in [3.05, 3.63) is 65.3 Å². The van der Waals surface area contributed by atoms with Crippen LogP contribution in [0.1, 0.15) is 55.8 Å². The zero-order valence-electron chi connectivity index (χ0n) is 18.2. The molecule has 3 heterocycles. The minimum atomic E-state index is -0.472. The molecule has 164 valence electrons. The number of Topliss-reactive ketones (excluding diaryl/α,β-unsaturated/α-hetero) is 1. The van der Waals surface area contributed by atoms with Gasteiger partial charge in [0.25, 0.3) is 0 Å². The van der Waals surface area contributed by atoms with Crippen LogP contribution in [0.15, 0.2) is 58.4 Å². The molecule has 1 atom stereocenters. The van der Waals surface area contributed by atoms with Crippen LogP contribution in [0.25, 0.3) is 11.3 Å². The monoisotopic (exact) mass is 432 g/mol. The minimum absolute atomic E-state index is 0.0895. The van der Waals surface area contributed by atoms with Crippen LogP contribution in [-0.2, 0) is 9.53 Å². The summed E-state index contributed by atoms with van der Waals surface area (Å²) < 4.78 is 12.9. The number of hydrogen-bond donors (Lipinski definition) is 1. The van der Waals surface area contributed by atoms with E-state index in [2.05, 4.69) is 29.2 Å². The first-order valence-corrected chi connectivity index (χ1v) is 10.7. The second-order valence-electron chi connectivity index (χ2n) is 8.89. The number of allylic oxidation sites excluding steroid dienone is 2. The molecule has 1 aromatic carbocycles. The van der Waals surface area contributed by atoms with E-state index >= 15 is 0 Å². The lowest BCUT2D eigenvalue weighted by Gasteiger charge is -2.37. The number of ketones is 1. The fourth-order valence-electron chi connectivity index (χ4n) is 4.45. The van der Waals surface area contributed by atoms with E-state index in [0.29, 0.717) is 41.6 Å². The summed E-state index contributed by atoms with van der Waals surface area (Å²) >= 11 is 0. The van der Waals surface area contributed by atoms with Crippen molar-refractivity contribution >= 4 is 17.7 Å². The lowest BCUT2D eigenvalue weighted by Crippen LogP contribution is -2.36. The Kier molecular flexibility index (Phi) is 4.73. The highest BCUT2D eigenvalue weighted by Crippen LogP contribution is 2.45. The molecule has 32 heavy (non-hydrogen) atoms. The average molecular weight is 432 g/mol. The van der Waals surface area contributed by atoms with Crippen molar-refractivity contribution in [1.29, 1.82) is 0 Å². The molecule has 0 saturated heterocycles. The summed E-state index contributed by atoms with van der Waals surface area (Å²) in [5.74, 6) is 1.58. The van der Waals surface area contributed by atoms with Crippen LogP contribution in [0.4, 0.5) is 5.95 Å². The summed E-state index contributed by atoms with van der Waals surface area (Å²) in [5.41, 5.74) is 2.75. The lowest BCUT2D eigenvalue weighted by atomic mass is 9.73. The van der Waals surface area contributed by atoms with Gasteiger partial charge in [0.05, 0.1) is 12.2 Å². The quantitative estimate of drug-likeness (QED) is 0.611. The Morgan fingerprint density at radius 2 is 2.00 bits per heavy atom. The maximum Gasteiger partial charge on any atom is 0.338 e. The molecule has 8 heteroatoms. The Morgan fingerprint density at radius 1 is 1.22 bits per heavy atom. The van der Waals surface area contributed by atoms with Gasteiger partial charge in [0.2, 0.25) is 5.95 Å². The van der Waals surface area contributed by atoms with Gasteiger partial charge in [0, 0.05) is 23.3 Å². The Hall–Kier alpha value is -3.68. The molecule has 0 bridgehead atoms. The molecule has 3 aromatic rings. The third kappa shape index (κ3) is 3.41. The van der Waals surface area contributed by atoms with Gasteiger partial charge in [-0.2, -0.15) is 10.1 Å². The van der Waals surface area contributed by atoms with Gasteiger partial charge in [-0.1, -0.05) is 26.0 Å². The number of ether oxygens (including phenoxy) is 1. The maximum atomic E-state index is 13.1. The van der Waals surface area contributed by atoms with Gasteiger partial charge in [-0.15, -0.1) is 0 Å². The number of carbonyl (C=O) groups excluding carboxylic acids is 2. The van der Waals surface area contributed by atoms with Crippen LogP contribution in [-0.4, -0.2) is 33.1 Å². The molecular weight excluding hydrogens is 408 g/mol. The van der Waals surface area contributed by atoms with Gasteiger partial charge >= 0.3 is 5.97 Å². The van der Waals surface area contributed by atoms with Crippen LogP contribution in [0.3, 0.4) is 0 Å². The van der Waals surface area contributed by atoms with Crippen LogP contribution >= 0.6 is 0 Å². The summed E-state index contributed by atoms with van der Waals surface area (Å²) in [5, 5.41) is 7.65. The van der Waals surface area contributed by atoms with Crippen molar-refractivity contribution in [3.8, 4) is 11.3 Å². The Balaban J connectivity index is 1.51. The number of nitrogens with one attached hydrogen (secondary N) is 1. The van der Waals surface area contributed by atoms with Crippen molar-refractivity contribution < 1.29 is 18.7 Å². The standard InChI is InChI=1S/C24H24N4O4/c1-4-31-22(30)15-7-5-14(6-8-15)18-9-10-19(32-18)21-20-16(11-24(2,3)12-17(20)29)27-23-25-13-26-28(21)23/h5-10,13,21H,4,11-12H2,1-3H3,(H,25,26,27). The van der Waals surface area contributed by atoms with Crippen LogP contribution in [0, 0.1) is 5.41 Å². The molecule has 2 aromatic heterocycles. The molecule has 0 fully saturated rings. The number of esters is 1. The van der Waals surface area contributed by atoms with Crippen molar-refractivity contribution in [2.75, 3.05) is 11.9 Å². The Bertz CT molecular complexity index is 1230. The number of benzene rings is 1. The Morgan fingerprint density at radius 3 is 2.75 bits per heavy atom. The molecule has 2 aliphatic rings. The smallest absolute Gasteiger partial charge is 0.338 e. The second kappa shape index (κ2) is 7.47. The molecule has 5 rings (SSSR count). The highest BCUT2D eigenvalue weighted by molar-refractivity contribution is 6.00. The number of hydrogen-bond acceptors (Lipinski definition) is 7. The maximum absolute atomic E-state index is 13.1. The number of nitrogens with zero attached hydrogens (tertiary/aromatic N) is 3. The fourth-order valence-corrected chi connectivity index (χ4v) is 4.45. The predicted octanol–water partition coefficient (Wildman–Crippen LogP) is 4.37. The summed E-state index contributed by atoms with van der Waals surface area (Å²) in [4.78, 5) is 29.4. The summed E-state index contributed by atoms with van der Waals surface area (Å²) in [6, 6.07) is 10.3. The van der Waals surface area contributed by atoms with Crippen molar-refractivity contribution in [2.24, 2.45) is 5.41 Å². The summed E-state index contributed by atoms with van der Waals surface area (Å²) in [6.45, 7) is 6.29. The van der Waals surface area contributed by atoms with Crippen molar-refractivity contribution in [3.63, 3.8) is 0 Å². The van der Waals surface area contributed by atoms with Gasteiger partial charge in [0.1, 0.15) is 23.9 Å². The van der Waals surface area contributed by atoms with E-state index in [-0.39, 0.29) is 17.2 Å². The summed E-state index contributed by atoms with van der Waals surface area (Å²) in [7, 11) is 0. The number of fused-ring (bicyclic) bond motifs is 1. The fraction of sp³-hybridized carbons (Fsp3) is 0.333. The first kappa shape index (κ1) is 20.2. The van der Waals surface area contributed by atoms with Gasteiger partial charge in [-0.3, -0.25) is 4.79 Å². The zero-order chi connectivity index (χ0) is 22.5. The van der Waals surface area contributed by atoms with Crippen molar-refractivity contribution in [1.82, 2.24) is 14.8 Å². The molecule has 1 aliphatic heterocycles. The number of anilines is 1. The van der Waals surface area contributed by atoms with Crippen LogP contribution in [0.5, 0.6) is 0 Å². The van der Waals surface area contributed by atoms with E-state index in [1.165, 1.54) is 6.33 Å². The molecular formula is C24H24N4O4. The average Bonchev–Trinajstić information content (AvgIpc) is 3.41. The molecule has 1 aliphatic carbocycles. The largest absolute Gasteiger partial charge is 0.462 e. The SMILES string of the molecule is CCOC(=O)c1ccc(-c2ccc(C3C4=C(CC(C)(C)CC4=O)Nc4ncnn43)o2)cc1. The highest BCUT2D eigenvalue weighted by atomic mass is 16.5. The molecule has 0 saturated carbocycles. The zero-order valence-corrected chi connectivity index (χ0v) is 18.2. The normalized spacial score (nSPS) is 19.2. The van der Waals surface area contributed by atoms with E-state index in [1.807, 2.05) is 24.3 Å². The van der Waals surface area contributed by atoms with Crippen LogP contribution in [0.2, 0.25) is 0 Å². The predicted molar refractivity (Wildman–Crippen MR) is 117 cm³/mol. The number of rotatable bonds is 4. The van der Waals surface area contributed by atoms with Crippen LogP contribution < -0.4 is 5.32 Å². The second-order valence-corrected chi connectivity index (χ2v) is 8.89. The highest BCUT2D eigenvalue weighted by Gasteiger charge is 2.42. The van der Waals surface area contributed by atoms with Gasteiger partial charge < -0.3 is 14.5 Å². The first-order chi connectivity index (χ1) is 15.4. The first-order valence-electron chi connectivity index (χ1n) is 10.7. The minimum Gasteiger partial charge on any atom is -0.462 e. The van der Waals surface area contributed by atoms with E-state index in [4.69, 9.17) is 9.15 Å². The number of furan rings is 1. The van der Waals surface area contributed by atoms with E-state index in [0.717, 1.165) is 17.7 Å². The van der Waals surface area contributed by atoms with Gasteiger partial charge in [-0.05, 0) is 43.0 Å². The van der Waals surface area contributed by atoms with Gasteiger partial charge in [-0.25, -0.2) is 9.48 Å². The van der Waals surface area contributed by atoms with E-state index in [9.17, 15) is 9.59 Å². The molecule has 1 N–H and O–H groups in total. The Labute approximate surface area is 185 Å². The molecule has 0 spiro atoms. The lowest BCUT2D eigenvalue weighted by molar-refractivity contribution is -0.118. The molecule has 8 nitrogen and oxygen atoms in total. The van der Waals surface area contributed by atoms with Gasteiger partial charge in [0.15, 0.2) is 5.78 Å². The molecule has 0 amide bonds. The molecule has 1 unspecified atom stereocenters. The number of carbonyl (C=O) groups is 2.